The van der Waals surface area contributed by atoms with E-state index in [1.54, 1.807) is 24.3 Å². The Morgan fingerprint density at radius 1 is 1.25 bits per heavy atom. The second-order valence-corrected chi connectivity index (χ2v) is 5.85. The van der Waals surface area contributed by atoms with Gasteiger partial charge in [0.2, 0.25) is 0 Å². The van der Waals surface area contributed by atoms with E-state index in [4.69, 9.17) is 0 Å². The molecule has 0 bridgehead atoms. The van der Waals surface area contributed by atoms with Crippen LogP contribution >= 0.6 is 0 Å². The third-order valence-corrected chi connectivity index (χ3v) is 4.05. The molecule has 1 aliphatic rings. The van der Waals surface area contributed by atoms with Gasteiger partial charge in [-0.25, -0.2) is 9.37 Å². The molecule has 0 N–H and O–H groups in total. The van der Waals surface area contributed by atoms with Gasteiger partial charge in [0.1, 0.15) is 11.5 Å². The van der Waals surface area contributed by atoms with Crippen molar-refractivity contribution in [3.05, 3.63) is 64.7 Å². The van der Waals surface area contributed by atoms with Crippen LogP contribution in [0.25, 0.3) is 0 Å². The van der Waals surface area contributed by atoms with Crippen LogP contribution < -0.4 is 0 Å². The van der Waals surface area contributed by atoms with Gasteiger partial charge in [0.25, 0.3) is 5.91 Å². The summed E-state index contributed by atoms with van der Waals surface area (Å²) in [7, 11) is 0. The molecular weight excluding hydrogens is 303 g/mol. The molecule has 0 atom stereocenters. The lowest BCUT2D eigenvalue weighted by Crippen LogP contribution is -2.38. The standard InChI is InChI=1S/C20H19FN2O/c1-2-3-12-23-13-11-19-18(20(23)24)10-9-17(22-19)8-7-15-5-4-6-16(21)14-15/h4-6,9-10,14H,2-3,11-13H2,1H3. The lowest BCUT2D eigenvalue weighted by molar-refractivity contribution is 0.0735. The van der Waals surface area contributed by atoms with Crippen LogP contribution in [-0.4, -0.2) is 28.9 Å². The summed E-state index contributed by atoms with van der Waals surface area (Å²) in [6, 6.07) is 9.72. The third kappa shape index (κ3) is 3.62. The fourth-order valence-electron chi connectivity index (χ4n) is 2.73. The quantitative estimate of drug-likeness (QED) is 0.811. The summed E-state index contributed by atoms with van der Waals surface area (Å²) >= 11 is 0. The van der Waals surface area contributed by atoms with Gasteiger partial charge in [-0.3, -0.25) is 4.79 Å². The van der Waals surface area contributed by atoms with Crippen LogP contribution in [0.1, 0.15) is 47.1 Å². The normalized spacial score (nSPS) is 13.2. The van der Waals surface area contributed by atoms with Crippen LogP contribution in [0.4, 0.5) is 4.39 Å². The first kappa shape index (κ1) is 16.2. The van der Waals surface area contributed by atoms with Gasteiger partial charge in [-0.1, -0.05) is 25.3 Å². The monoisotopic (exact) mass is 322 g/mol. The van der Waals surface area contributed by atoms with Gasteiger partial charge in [0.05, 0.1) is 11.3 Å². The number of aromatic nitrogens is 1. The highest BCUT2D eigenvalue weighted by atomic mass is 19.1. The fourth-order valence-corrected chi connectivity index (χ4v) is 2.73. The minimum Gasteiger partial charge on any atom is -0.338 e. The number of hydrogen-bond donors (Lipinski definition) is 0. The van der Waals surface area contributed by atoms with E-state index in [1.807, 2.05) is 4.90 Å². The summed E-state index contributed by atoms with van der Waals surface area (Å²) in [5.74, 6) is 5.60. The van der Waals surface area contributed by atoms with Crippen LogP contribution in [0, 0.1) is 17.7 Å². The van der Waals surface area contributed by atoms with Crippen LogP contribution in [0.5, 0.6) is 0 Å². The van der Waals surface area contributed by atoms with Crippen molar-refractivity contribution >= 4 is 5.91 Å². The predicted molar refractivity (Wildman–Crippen MR) is 91.1 cm³/mol. The first-order valence-corrected chi connectivity index (χ1v) is 8.24. The molecule has 0 saturated carbocycles. The van der Waals surface area contributed by atoms with E-state index in [9.17, 15) is 9.18 Å². The molecule has 0 radical (unpaired) electrons. The van der Waals surface area contributed by atoms with E-state index >= 15 is 0 Å². The second-order valence-electron chi connectivity index (χ2n) is 5.85. The number of rotatable bonds is 3. The Hall–Kier alpha value is -2.67. The van der Waals surface area contributed by atoms with E-state index < -0.39 is 0 Å². The van der Waals surface area contributed by atoms with Gasteiger partial charge in [0, 0.05) is 25.1 Å². The average Bonchev–Trinajstić information content (AvgIpc) is 2.59. The zero-order valence-electron chi connectivity index (χ0n) is 13.7. The van der Waals surface area contributed by atoms with E-state index in [1.165, 1.54) is 12.1 Å². The molecule has 1 aromatic heterocycles. The van der Waals surface area contributed by atoms with Crippen LogP contribution in [-0.2, 0) is 6.42 Å². The lowest BCUT2D eigenvalue weighted by Gasteiger charge is -2.27. The van der Waals surface area contributed by atoms with Crippen molar-refractivity contribution in [1.29, 1.82) is 0 Å². The molecule has 1 aliphatic heterocycles. The number of fused-ring (bicyclic) bond motifs is 1. The number of benzene rings is 1. The highest BCUT2D eigenvalue weighted by molar-refractivity contribution is 5.96. The van der Waals surface area contributed by atoms with Gasteiger partial charge in [-0.05, 0) is 42.7 Å². The van der Waals surface area contributed by atoms with Crippen molar-refractivity contribution in [1.82, 2.24) is 9.88 Å². The number of pyridine rings is 1. The minimum atomic E-state index is -0.307. The van der Waals surface area contributed by atoms with Crippen molar-refractivity contribution in [3.8, 4) is 11.8 Å². The SMILES string of the molecule is CCCCN1CCc2nc(C#Cc3cccc(F)c3)ccc2C1=O. The van der Waals surface area contributed by atoms with Crippen molar-refractivity contribution in [3.63, 3.8) is 0 Å². The van der Waals surface area contributed by atoms with Gasteiger partial charge in [-0.2, -0.15) is 0 Å². The predicted octanol–water partition coefficient (Wildman–Crippen LogP) is 3.42. The van der Waals surface area contributed by atoms with Crippen molar-refractivity contribution < 1.29 is 9.18 Å². The zero-order valence-corrected chi connectivity index (χ0v) is 13.7. The van der Waals surface area contributed by atoms with Gasteiger partial charge < -0.3 is 4.90 Å². The summed E-state index contributed by atoms with van der Waals surface area (Å²) in [5, 5.41) is 0. The maximum atomic E-state index is 13.2. The van der Waals surface area contributed by atoms with E-state index in [0.29, 0.717) is 23.4 Å². The highest BCUT2D eigenvalue weighted by Gasteiger charge is 2.24. The fraction of sp³-hybridized carbons (Fsp3) is 0.300. The molecule has 3 rings (SSSR count). The molecule has 1 amide bonds. The Balaban J connectivity index is 1.80. The third-order valence-electron chi connectivity index (χ3n) is 4.05. The molecule has 0 fully saturated rings. The van der Waals surface area contributed by atoms with E-state index in [-0.39, 0.29) is 11.7 Å². The number of halogens is 1. The van der Waals surface area contributed by atoms with E-state index in [2.05, 4.69) is 23.7 Å². The average molecular weight is 322 g/mol. The summed E-state index contributed by atoms with van der Waals surface area (Å²) in [6.45, 7) is 3.63. The highest BCUT2D eigenvalue weighted by Crippen LogP contribution is 2.18. The smallest absolute Gasteiger partial charge is 0.255 e. The van der Waals surface area contributed by atoms with Gasteiger partial charge >= 0.3 is 0 Å². The topological polar surface area (TPSA) is 33.2 Å². The molecule has 0 unspecified atom stereocenters. The number of carbonyl (C=O) groups excluding carboxylic acids is 1. The Labute approximate surface area is 141 Å². The molecule has 2 aromatic rings. The van der Waals surface area contributed by atoms with Crippen LogP contribution in [0.3, 0.4) is 0 Å². The molecule has 1 aromatic carbocycles. The molecule has 4 heteroatoms. The van der Waals surface area contributed by atoms with E-state index in [0.717, 1.165) is 31.5 Å². The molecule has 122 valence electrons. The maximum absolute atomic E-state index is 13.2. The number of carbonyl (C=O) groups is 1. The molecule has 0 spiro atoms. The summed E-state index contributed by atoms with van der Waals surface area (Å²) in [6.07, 6.45) is 2.84. The number of amides is 1. The molecule has 24 heavy (non-hydrogen) atoms. The van der Waals surface area contributed by atoms with Crippen molar-refractivity contribution in [2.24, 2.45) is 0 Å². The van der Waals surface area contributed by atoms with Gasteiger partial charge in [0.15, 0.2) is 0 Å². The maximum Gasteiger partial charge on any atom is 0.255 e. The summed E-state index contributed by atoms with van der Waals surface area (Å²) < 4.78 is 13.2. The largest absolute Gasteiger partial charge is 0.338 e. The van der Waals surface area contributed by atoms with Crippen LogP contribution in [0.2, 0.25) is 0 Å². The Morgan fingerprint density at radius 3 is 2.92 bits per heavy atom. The number of hydrogen-bond acceptors (Lipinski definition) is 2. The minimum absolute atomic E-state index is 0.0573. The summed E-state index contributed by atoms with van der Waals surface area (Å²) in [5.41, 5.74) is 2.69. The molecule has 3 nitrogen and oxygen atoms in total. The zero-order chi connectivity index (χ0) is 16.9. The first-order chi connectivity index (χ1) is 11.7. The molecule has 0 saturated heterocycles. The Kier molecular flexibility index (Phi) is 4.90. The van der Waals surface area contributed by atoms with Crippen molar-refractivity contribution in [2.75, 3.05) is 13.1 Å². The Morgan fingerprint density at radius 2 is 2.12 bits per heavy atom. The van der Waals surface area contributed by atoms with Gasteiger partial charge in [-0.15, -0.1) is 0 Å². The molecular formula is C20H19FN2O. The molecule has 2 heterocycles. The summed E-state index contributed by atoms with van der Waals surface area (Å²) in [4.78, 5) is 18.9. The van der Waals surface area contributed by atoms with Crippen molar-refractivity contribution in [2.45, 2.75) is 26.2 Å². The van der Waals surface area contributed by atoms with Crippen LogP contribution in [0.15, 0.2) is 36.4 Å². The second kappa shape index (κ2) is 7.27. The molecule has 0 aliphatic carbocycles. The number of nitrogens with zero attached hydrogens (tertiary/aromatic N) is 2. The first-order valence-electron chi connectivity index (χ1n) is 8.24. The number of unbranched alkanes of at least 4 members (excludes halogenated alkanes) is 1. The lowest BCUT2D eigenvalue weighted by atomic mass is 10.0. The Bertz CT molecular complexity index is 820.